The van der Waals surface area contributed by atoms with Gasteiger partial charge in [-0.05, 0) is 37.1 Å². The van der Waals surface area contributed by atoms with Crippen LogP contribution in [-0.2, 0) is 10.0 Å². The van der Waals surface area contributed by atoms with E-state index in [-0.39, 0.29) is 5.92 Å². The highest BCUT2D eigenvalue weighted by Crippen LogP contribution is 2.30. The Morgan fingerprint density at radius 3 is 2.64 bits per heavy atom. The van der Waals surface area contributed by atoms with Crippen LogP contribution in [-0.4, -0.2) is 40.8 Å². The third-order valence-electron chi connectivity index (χ3n) is 4.77. The van der Waals surface area contributed by atoms with E-state index in [0.29, 0.717) is 29.6 Å². The molecule has 0 radical (unpaired) electrons. The number of benzene rings is 1. The summed E-state index contributed by atoms with van der Waals surface area (Å²) < 4.78 is 27.5. The zero-order valence-corrected chi connectivity index (χ0v) is 16.1. The Morgan fingerprint density at radius 1 is 1.00 bits per heavy atom. The quantitative estimate of drug-likeness (QED) is 0.714. The Hall–Kier alpha value is -2.84. The molecule has 1 fully saturated rings. The highest BCUT2D eigenvalue weighted by molar-refractivity contribution is 7.89. The van der Waals surface area contributed by atoms with Crippen LogP contribution in [0.15, 0.2) is 72.0 Å². The van der Waals surface area contributed by atoms with Crippen LogP contribution in [0.3, 0.4) is 0 Å². The smallest absolute Gasteiger partial charge is 0.243 e. The van der Waals surface area contributed by atoms with E-state index in [9.17, 15) is 8.42 Å². The first-order chi connectivity index (χ1) is 13.6. The summed E-state index contributed by atoms with van der Waals surface area (Å²) in [6.45, 7) is 0.962. The van der Waals surface area contributed by atoms with Crippen LogP contribution in [0.1, 0.15) is 24.5 Å². The molecule has 1 aliphatic rings. The molecule has 1 atom stereocenters. The third-order valence-corrected chi connectivity index (χ3v) is 6.65. The van der Waals surface area contributed by atoms with Crippen molar-refractivity contribution in [2.75, 3.05) is 18.4 Å². The van der Waals surface area contributed by atoms with Gasteiger partial charge in [0, 0.05) is 37.1 Å². The van der Waals surface area contributed by atoms with Gasteiger partial charge in [-0.15, -0.1) is 0 Å². The minimum absolute atomic E-state index is 0.0517. The lowest BCUT2D eigenvalue weighted by Crippen LogP contribution is -2.39. The molecule has 1 aliphatic heterocycles. The molecule has 1 aromatic carbocycles. The molecule has 28 heavy (non-hydrogen) atoms. The van der Waals surface area contributed by atoms with Crippen molar-refractivity contribution in [3.8, 4) is 0 Å². The summed E-state index contributed by atoms with van der Waals surface area (Å²) in [5, 5.41) is 3.13. The zero-order chi connectivity index (χ0) is 19.4. The maximum atomic E-state index is 13.0. The fourth-order valence-corrected chi connectivity index (χ4v) is 4.93. The number of hydrogen-bond donors (Lipinski definition) is 1. The van der Waals surface area contributed by atoms with Crippen molar-refractivity contribution in [1.29, 1.82) is 0 Å². The van der Waals surface area contributed by atoms with Gasteiger partial charge in [0.2, 0.25) is 10.0 Å². The summed E-state index contributed by atoms with van der Waals surface area (Å²) in [5.41, 5.74) is 0.877. The first-order valence-electron chi connectivity index (χ1n) is 9.18. The van der Waals surface area contributed by atoms with Gasteiger partial charge in [0.15, 0.2) is 0 Å². The van der Waals surface area contributed by atoms with E-state index in [1.165, 1.54) is 0 Å². The molecule has 144 valence electrons. The summed E-state index contributed by atoms with van der Waals surface area (Å²) in [4.78, 5) is 13.2. The maximum Gasteiger partial charge on any atom is 0.243 e. The number of nitrogens with one attached hydrogen (secondary N) is 1. The van der Waals surface area contributed by atoms with E-state index >= 15 is 0 Å². The van der Waals surface area contributed by atoms with Gasteiger partial charge in [0.25, 0.3) is 0 Å². The second kappa shape index (κ2) is 8.04. The van der Waals surface area contributed by atoms with Gasteiger partial charge in [-0.1, -0.05) is 24.3 Å². The summed E-state index contributed by atoms with van der Waals surface area (Å²) >= 11 is 0. The number of rotatable bonds is 5. The molecule has 0 spiro atoms. The Balaban J connectivity index is 1.53. The molecule has 4 rings (SSSR count). The number of aromatic nitrogens is 3. The van der Waals surface area contributed by atoms with Crippen molar-refractivity contribution in [2.24, 2.45) is 0 Å². The van der Waals surface area contributed by atoms with Crippen LogP contribution >= 0.6 is 0 Å². The van der Waals surface area contributed by atoms with Gasteiger partial charge < -0.3 is 5.32 Å². The average Bonchev–Trinajstić information content (AvgIpc) is 2.75. The molecule has 7 nitrogen and oxygen atoms in total. The Labute approximate surface area is 164 Å². The standard InChI is InChI=1S/C20H21N5O2S/c26-28(27,17-7-2-1-3-8-17)25-13-5-6-16(15-25)18-9-4-10-19(23-18)24-20-14-21-11-12-22-20/h1-4,7-12,14,16H,5-6,13,15H2,(H,22,23,24)/t16-/m1/s1. The predicted octanol–water partition coefficient (Wildman–Crippen LogP) is 3.18. The minimum Gasteiger partial charge on any atom is -0.324 e. The third kappa shape index (κ3) is 4.02. The van der Waals surface area contributed by atoms with Crippen LogP contribution in [0.4, 0.5) is 11.6 Å². The van der Waals surface area contributed by atoms with E-state index in [4.69, 9.17) is 0 Å². The number of anilines is 2. The van der Waals surface area contributed by atoms with Gasteiger partial charge in [-0.2, -0.15) is 4.31 Å². The first kappa shape index (κ1) is 18.5. The molecule has 0 saturated carbocycles. The van der Waals surface area contributed by atoms with Gasteiger partial charge in [0.05, 0.1) is 11.1 Å². The normalized spacial score (nSPS) is 17.9. The molecule has 8 heteroatoms. The van der Waals surface area contributed by atoms with Crippen LogP contribution in [0.2, 0.25) is 0 Å². The molecule has 1 saturated heterocycles. The summed E-state index contributed by atoms with van der Waals surface area (Å²) in [6, 6.07) is 14.3. The average molecular weight is 395 g/mol. The monoisotopic (exact) mass is 395 g/mol. The van der Waals surface area contributed by atoms with Crippen LogP contribution < -0.4 is 5.32 Å². The highest BCUT2D eigenvalue weighted by Gasteiger charge is 2.31. The summed E-state index contributed by atoms with van der Waals surface area (Å²) in [7, 11) is -3.49. The van der Waals surface area contributed by atoms with Gasteiger partial charge in [-0.25, -0.2) is 18.4 Å². The lowest BCUT2D eigenvalue weighted by molar-refractivity contribution is 0.313. The van der Waals surface area contributed by atoms with Crippen molar-refractivity contribution >= 4 is 21.7 Å². The summed E-state index contributed by atoms with van der Waals surface area (Å²) in [6.07, 6.45) is 6.56. The lowest BCUT2D eigenvalue weighted by Gasteiger charge is -2.31. The Bertz CT molecular complexity index is 1030. The number of nitrogens with zero attached hydrogens (tertiary/aromatic N) is 4. The van der Waals surface area contributed by atoms with Crippen molar-refractivity contribution in [1.82, 2.24) is 19.3 Å². The molecule has 3 heterocycles. The fraction of sp³-hybridized carbons (Fsp3) is 0.250. The molecule has 0 bridgehead atoms. The molecular weight excluding hydrogens is 374 g/mol. The second-order valence-electron chi connectivity index (χ2n) is 6.68. The van der Waals surface area contributed by atoms with Gasteiger partial charge in [-0.3, -0.25) is 4.98 Å². The maximum absolute atomic E-state index is 13.0. The zero-order valence-electron chi connectivity index (χ0n) is 15.3. The number of sulfonamides is 1. The highest BCUT2D eigenvalue weighted by atomic mass is 32.2. The number of pyridine rings is 1. The SMILES string of the molecule is O=S(=O)(c1ccccc1)N1CCC[C@@H](c2cccc(Nc3cnccn3)n2)C1. The minimum atomic E-state index is -3.49. The van der Waals surface area contributed by atoms with Crippen LogP contribution in [0, 0.1) is 0 Å². The van der Waals surface area contributed by atoms with Crippen molar-refractivity contribution in [3.63, 3.8) is 0 Å². The lowest BCUT2D eigenvalue weighted by atomic mass is 9.95. The van der Waals surface area contributed by atoms with E-state index in [1.807, 2.05) is 24.3 Å². The molecule has 2 aromatic heterocycles. The van der Waals surface area contributed by atoms with Crippen LogP contribution in [0.25, 0.3) is 0 Å². The number of hydrogen-bond acceptors (Lipinski definition) is 6. The molecular formula is C20H21N5O2S. The van der Waals surface area contributed by atoms with Crippen molar-refractivity contribution in [2.45, 2.75) is 23.7 Å². The van der Waals surface area contributed by atoms with Crippen molar-refractivity contribution < 1.29 is 8.42 Å². The van der Waals surface area contributed by atoms with Gasteiger partial charge in [0.1, 0.15) is 11.6 Å². The van der Waals surface area contributed by atoms with Crippen molar-refractivity contribution in [3.05, 3.63) is 72.8 Å². The molecule has 0 amide bonds. The molecule has 3 aromatic rings. The Kier molecular flexibility index (Phi) is 5.31. The predicted molar refractivity (Wildman–Crippen MR) is 107 cm³/mol. The molecule has 1 N–H and O–H groups in total. The fourth-order valence-electron chi connectivity index (χ4n) is 3.39. The van der Waals surface area contributed by atoms with E-state index in [2.05, 4.69) is 20.3 Å². The molecule has 0 aliphatic carbocycles. The topological polar surface area (TPSA) is 88.1 Å². The van der Waals surface area contributed by atoms with Gasteiger partial charge >= 0.3 is 0 Å². The second-order valence-corrected chi connectivity index (χ2v) is 8.62. The summed E-state index contributed by atoms with van der Waals surface area (Å²) in [5.74, 6) is 1.33. The van der Waals surface area contributed by atoms with E-state index in [1.54, 1.807) is 47.2 Å². The number of piperidine rings is 1. The van der Waals surface area contributed by atoms with E-state index in [0.717, 1.165) is 18.5 Å². The van der Waals surface area contributed by atoms with E-state index < -0.39 is 10.0 Å². The first-order valence-corrected chi connectivity index (χ1v) is 10.6. The Morgan fingerprint density at radius 2 is 1.86 bits per heavy atom. The van der Waals surface area contributed by atoms with Crippen LogP contribution in [0.5, 0.6) is 0 Å². The largest absolute Gasteiger partial charge is 0.324 e. The molecule has 0 unspecified atom stereocenters.